The lowest BCUT2D eigenvalue weighted by molar-refractivity contribution is 0.354. The fourth-order valence-corrected chi connectivity index (χ4v) is 2.59. The van der Waals surface area contributed by atoms with Gasteiger partial charge in [-0.25, -0.2) is 0 Å². The highest BCUT2D eigenvalue weighted by molar-refractivity contribution is 14.1. The van der Waals surface area contributed by atoms with Gasteiger partial charge in [0.05, 0.1) is 25.6 Å². The quantitative estimate of drug-likeness (QED) is 0.578. The molecule has 0 atom stereocenters. The van der Waals surface area contributed by atoms with Crippen LogP contribution in [-0.4, -0.2) is 20.8 Å². The molecule has 0 unspecified atom stereocenters. The molecular weight excluding hydrogens is 379 g/mol. The Labute approximate surface area is 138 Å². The first-order valence-corrected chi connectivity index (χ1v) is 7.71. The summed E-state index contributed by atoms with van der Waals surface area (Å²) in [6, 6.07) is 12.0. The van der Waals surface area contributed by atoms with Crippen LogP contribution < -0.4 is 20.5 Å². The lowest BCUT2D eigenvalue weighted by atomic mass is 10.1. The second kappa shape index (κ2) is 7.40. The average molecular weight is 398 g/mol. The predicted octanol–water partition coefficient (Wildman–Crippen LogP) is 3.55. The highest BCUT2D eigenvalue weighted by Crippen LogP contribution is 2.28. The Bertz CT molecular complexity index is 617. The van der Waals surface area contributed by atoms with Gasteiger partial charge in [0.25, 0.3) is 0 Å². The lowest BCUT2D eigenvalue weighted by Crippen LogP contribution is -2.07. The molecule has 3 N–H and O–H groups in total. The summed E-state index contributed by atoms with van der Waals surface area (Å²) >= 11 is 2.25. The fraction of sp³-hybridized carbons (Fsp3) is 0.250. The van der Waals surface area contributed by atoms with Crippen molar-refractivity contribution in [2.75, 3.05) is 31.8 Å². The minimum absolute atomic E-state index is 0.746. The normalized spacial score (nSPS) is 10.2. The molecule has 2 rings (SSSR count). The molecule has 0 fully saturated rings. The molecule has 5 heteroatoms. The number of anilines is 2. The van der Waals surface area contributed by atoms with Crippen LogP contribution in [0.1, 0.15) is 5.56 Å². The van der Waals surface area contributed by atoms with Gasteiger partial charge in [0.15, 0.2) is 11.5 Å². The molecule has 2 aromatic carbocycles. The number of ether oxygens (including phenoxy) is 2. The molecule has 0 saturated heterocycles. The van der Waals surface area contributed by atoms with Crippen LogP contribution in [0.5, 0.6) is 11.5 Å². The summed E-state index contributed by atoms with van der Waals surface area (Å²) < 4.78 is 11.7. The van der Waals surface area contributed by atoms with Crippen molar-refractivity contribution in [3.63, 3.8) is 0 Å². The summed E-state index contributed by atoms with van der Waals surface area (Å²) in [5.41, 5.74) is 8.91. The molecule has 0 aliphatic carbocycles. The standard InChI is InChI=1S/C16H19IN2O2/c1-20-15-6-3-11(9-16(15)21-2)7-8-19-14-5-4-12(17)10-13(14)18/h3-6,9-10,19H,7-8,18H2,1-2H3. The van der Waals surface area contributed by atoms with Crippen molar-refractivity contribution in [3.8, 4) is 11.5 Å². The van der Waals surface area contributed by atoms with Crippen molar-refractivity contribution < 1.29 is 9.47 Å². The Balaban J connectivity index is 1.97. The Morgan fingerprint density at radius 3 is 2.48 bits per heavy atom. The highest BCUT2D eigenvalue weighted by Gasteiger charge is 2.05. The fourth-order valence-electron chi connectivity index (χ4n) is 2.07. The van der Waals surface area contributed by atoms with Gasteiger partial charge < -0.3 is 20.5 Å². The van der Waals surface area contributed by atoms with E-state index in [0.29, 0.717) is 0 Å². The first-order valence-electron chi connectivity index (χ1n) is 6.64. The van der Waals surface area contributed by atoms with E-state index < -0.39 is 0 Å². The third-order valence-electron chi connectivity index (χ3n) is 3.19. The molecule has 21 heavy (non-hydrogen) atoms. The highest BCUT2D eigenvalue weighted by atomic mass is 127. The summed E-state index contributed by atoms with van der Waals surface area (Å²) in [4.78, 5) is 0. The first kappa shape index (κ1) is 15.8. The topological polar surface area (TPSA) is 56.5 Å². The molecule has 4 nitrogen and oxygen atoms in total. The maximum atomic E-state index is 5.98. The summed E-state index contributed by atoms with van der Waals surface area (Å²) in [6.07, 6.45) is 0.881. The van der Waals surface area contributed by atoms with Crippen LogP contribution in [-0.2, 0) is 6.42 Å². The first-order chi connectivity index (χ1) is 10.1. The number of rotatable bonds is 6. The SMILES string of the molecule is COc1ccc(CCNc2ccc(I)cc2N)cc1OC. The molecule has 0 radical (unpaired) electrons. The van der Waals surface area contributed by atoms with Crippen LogP contribution >= 0.6 is 22.6 Å². The van der Waals surface area contributed by atoms with Gasteiger partial charge in [-0.1, -0.05) is 6.07 Å². The molecule has 0 amide bonds. The number of hydrogen-bond acceptors (Lipinski definition) is 4. The van der Waals surface area contributed by atoms with Crippen molar-refractivity contribution in [2.45, 2.75) is 6.42 Å². The molecule has 0 aromatic heterocycles. The minimum Gasteiger partial charge on any atom is -0.493 e. The number of hydrogen-bond donors (Lipinski definition) is 2. The minimum atomic E-state index is 0.746. The van der Waals surface area contributed by atoms with Gasteiger partial charge in [0.1, 0.15) is 0 Å². The summed E-state index contributed by atoms with van der Waals surface area (Å²) in [6.45, 7) is 0.806. The lowest BCUT2D eigenvalue weighted by Gasteiger charge is -2.11. The Morgan fingerprint density at radius 2 is 1.81 bits per heavy atom. The van der Waals surface area contributed by atoms with Crippen LogP contribution in [0, 0.1) is 3.57 Å². The number of nitrogens with two attached hydrogens (primary N) is 1. The zero-order valence-corrected chi connectivity index (χ0v) is 14.3. The number of methoxy groups -OCH3 is 2. The van der Waals surface area contributed by atoms with E-state index in [1.165, 1.54) is 5.56 Å². The Kier molecular flexibility index (Phi) is 5.55. The molecule has 0 spiro atoms. The van der Waals surface area contributed by atoms with Gasteiger partial charge in [-0.05, 0) is 64.9 Å². The summed E-state index contributed by atoms with van der Waals surface area (Å²) in [5, 5.41) is 3.35. The van der Waals surface area contributed by atoms with Gasteiger partial charge >= 0.3 is 0 Å². The zero-order chi connectivity index (χ0) is 15.2. The van der Waals surface area contributed by atoms with Crippen molar-refractivity contribution >= 4 is 34.0 Å². The molecule has 0 bridgehead atoms. The zero-order valence-electron chi connectivity index (χ0n) is 12.2. The van der Waals surface area contributed by atoms with E-state index >= 15 is 0 Å². The monoisotopic (exact) mass is 398 g/mol. The van der Waals surface area contributed by atoms with Gasteiger partial charge in [-0.15, -0.1) is 0 Å². The van der Waals surface area contributed by atoms with E-state index in [4.69, 9.17) is 15.2 Å². The maximum Gasteiger partial charge on any atom is 0.160 e. The maximum absolute atomic E-state index is 5.98. The van der Waals surface area contributed by atoms with Crippen LogP contribution in [0.2, 0.25) is 0 Å². The molecule has 0 heterocycles. The van der Waals surface area contributed by atoms with Crippen LogP contribution in [0.15, 0.2) is 36.4 Å². The molecular formula is C16H19IN2O2. The summed E-state index contributed by atoms with van der Waals surface area (Å²) in [5.74, 6) is 1.50. The Morgan fingerprint density at radius 1 is 1.05 bits per heavy atom. The third kappa shape index (κ3) is 4.17. The van der Waals surface area contributed by atoms with Crippen molar-refractivity contribution in [2.24, 2.45) is 0 Å². The number of benzene rings is 2. The smallest absolute Gasteiger partial charge is 0.160 e. The van der Waals surface area contributed by atoms with Gasteiger partial charge in [-0.3, -0.25) is 0 Å². The van der Waals surface area contributed by atoms with E-state index in [9.17, 15) is 0 Å². The van der Waals surface area contributed by atoms with Crippen molar-refractivity contribution in [1.82, 2.24) is 0 Å². The Hall–Kier alpha value is -1.63. The average Bonchev–Trinajstić information content (AvgIpc) is 2.49. The number of nitrogen functional groups attached to an aromatic ring is 1. The van der Waals surface area contributed by atoms with E-state index in [2.05, 4.69) is 27.9 Å². The number of halogens is 1. The van der Waals surface area contributed by atoms with Crippen LogP contribution in [0.3, 0.4) is 0 Å². The molecule has 2 aromatic rings. The van der Waals surface area contributed by atoms with Crippen molar-refractivity contribution in [1.29, 1.82) is 0 Å². The van der Waals surface area contributed by atoms with Crippen LogP contribution in [0.4, 0.5) is 11.4 Å². The van der Waals surface area contributed by atoms with E-state index in [0.717, 1.165) is 39.4 Å². The second-order valence-electron chi connectivity index (χ2n) is 4.60. The molecule has 0 aliphatic heterocycles. The predicted molar refractivity (Wildman–Crippen MR) is 95.3 cm³/mol. The summed E-state index contributed by atoms with van der Waals surface area (Å²) in [7, 11) is 3.28. The molecule has 0 aliphatic rings. The van der Waals surface area contributed by atoms with Gasteiger partial charge in [-0.2, -0.15) is 0 Å². The van der Waals surface area contributed by atoms with E-state index in [-0.39, 0.29) is 0 Å². The number of nitrogens with one attached hydrogen (secondary N) is 1. The second-order valence-corrected chi connectivity index (χ2v) is 5.84. The van der Waals surface area contributed by atoms with E-state index in [1.807, 2.05) is 36.4 Å². The van der Waals surface area contributed by atoms with Gasteiger partial charge in [0, 0.05) is 10.1 Å². The van der Waals surface area contributed by atoms with Crippen LogP contribution in [0.25, 0.3) is 0 Å². The van der Waals surface area contributed by atoms with Crippen molar-refractivity contribution in [3.05, 3.63) is 45.5 Å². The third-order valence-corrected chi connectivity index (χ3v) is 3.86. The van der Waals surface area contributed by atoms with Gasteiger partial charge in [0.2, 0.25) is 0 Å². The van der Waals surface area contributed by atoms with E-state index in [1.54, 1.807) is 14.2 Å². The molecule has 112 valence electrons. The molecule has 0 saturated carbocycles. The largest absolute Gasteiger partial charge is 0.493 e.